The Morgan fingerprint density at radius 2 is 1.61 bits per heavy atom. The van der Waals surface area contributed by atoms with Gasteiger partial charge in [0.05, 0.1) is 0 Å². The summed E-state index contributed by atoms with van der Waals surface area (Å²) >= 11 is 0. The molecule has 0 radical (unpaired) electrons. The Bertz CT molecular complexity index is 240. The summed E-state index contributed by atoms with van der Waals surface area (Å²) in [5.41, 5.74) is 0.591. The molecule has 1 aliphatic rings. The second-order valence-electron chi connectivity index (χ2n) is 7.30. The molecule has 0 aliphatic carbocycles. The molecule has 3 heteroatoms. The normalized spacial score (nSPS) is 20.3. The van der Waals surface area contributed by atoms with Crippen molar-refractivity contribution in [1.82, 2.24) is 15.5 Å². The van der Waals surface area contributed by atoms with E-state index in [0.29, 0.717) is 5.41 Å². The van der Waals surface area contributed by atoms with Crippen LogP contribution in [0.3, 0.4) is 0 Å². The maximum atomic E-state index is 3.65. The Hall–Kier alpha value is -0.120. The minimum Gasteiger partial charge on any atom is -0.314 e. The van der Waals surface area contributed by atoms with E-state index in [-0.39, 0.29) is 5.54 Å². The minimum absolute atomic E-state index is 0.183. The molecule has 2 N–H and O–H groups in total. The fourth-order valence-electron chi connectivity index (χ4n) is 2.72. The summed E-state index contributed by atoms with van der Waals surface area (Å²) in [6, 6.07) is 0. The predicted octanol–water partition coefficient (Wildman–Crippen LogP) is 1.94. The van der Waals surface area contributed by atoms with Crippen LogP contribution in [0.2, 0.25) is 0 Å². The lowest BCUT2D eigenvalue weighted by molar-refractivity contribution is 0.111. The molecule has 1 fully saturated rings. The monoisotopic (exact) mass is 255 g/mol. The first-order chi connectivity index (χ1) is 8.27. The van der Waals surface area contributed by atoms with Crippen LogP contribution in [0.1, 0.15) is 40.5 Å². The SMILES string of the molecule is CNC(C)(C)CNCC(C)(C)C1CCN(C)CC1. The standard InChI is InChI=1S/C15H33N3/c1-14(2,11-17-12-15(3,4)16-5)13-7-9-18(6)10-8-13/h13,16-17H,7-12H2,1-6H3. The number of hydrogen-bond acceptors (Lipinski definition) is 3. The first-order valence-corrected chi connectivity index (χ1v) is 7.35. The fraction of sp³-hybridized carbons (Fsp3) is 1.00. The molecular formula is C15H33N3. The zero-order chi connectivity index (χ0) is 13.8. The van der Waals surface area contributed by atoms with Gasteiger partial charge in [-0.3, -0.25) is 0 Å². The molecule has 0 bridgehead atoms. The Labute approximate surface area is 114 Å². The van der Waals surface area contributed by atoms with Crippen LogP contribution in [0.15, 0.2) is 0 Å². The van der Waals surface area contributed by atoms with E-state index in [9.17, 15) is 0 Å². The predicted molar refractivity (Wildman–Crippen MR) is 80.0 cm³/mol. The average molecular weight is 255 g/mol. The number of likely N-dealkylation sites (tertiary alicyclic amines) is 1. The summed E-state index contributed by atoms with van der Waals surface area (Å²) in [6.45, 7) is 14.0. The van der Waals surface area contributed by atoms with Crippen LogP contribution in [0.5, 0.6) is 0 Å². The third-order valence-electron chi connectivity index (χ3n) is 4.65. The number of likely N-dealkylation sites (N-methyl/N-ethyl adjacent to an activating group) is 1. The number of nitrogens with zero attached hydrogens (tertiary/aromatic N) is 1. The number of nitrogens with one attached hydrogen (secondary N) is 2. The van der Waals surface area contributed by atoms with Gasteiger partial charge in [0.15, 0.2) is 0 Å². The Kier molecular flexibility index (Phi) is 5.63. The van der Waals surface area contributed by atoms with E-state index in [1.54, 1.807) is 0 Å². The van der Waals surface area contributed by atoms with Crippen molar-refractivity contribution < 1.29 is 0 Å². The van der Waals surface area contributed by atoms with Gasteiger partial charge in [0.1, 0.15) is 0 Å². The van der Waals surface area contributed by atoms with Crippen LogP contribution in [-0.4, -0.2) is 50.7 Å². The lowest BCUT2D eigenvalue weighted by Crippen LogP contribution is -2.49. The summed E-state index contributed by atoms with van der Waals surface area (Å²) in [5, 5.41) is 6.99. The number of piperidine rings is 1. The second kappa shape index (κ2) is 6.36. The van der Waals surface area contributed by atoms with E-state index < -0.39 is 0 Å². The van der Waals surface area contributed by atoms with Crippen LogP contribution in [0.4, 0.5) is 0 Å². The number of rotatable bonds is 6. The molecule has 0 spiro atoms. The lowest BCUT2D eigenvalue weighted by Gasteiger charge is -2.40. The average Bonchev–Trinajstić information content (AvgIpc) is 2.29. The van der Waals surface area contributed by atoms with E-state index in [0.717, 1.165) is 19.0 Å². The van der Waals surface area contributed by atoms with Gasteiger partial charge in [-0.15, -0.1) is 0 Å². The van der Waals surface area contributed by atoms with Crippen LogP contribution in [0.25, 0.3) is 0 Å². The van der Waals surface area contributed by atoms with E-state index in [4.69, 9.17) is 0 Å². The minimum atomic E-state index is 0.183. The Morgan fingerprint density at radius 1 is 1.06 bits per heavy atom. The van der Waals surface area contributed by atoms with Crippen LogP contribution < -0.4 is 10.6 Å². The molecular weight excluding hydrogens is 222 g/mol. The first-order valence-electron chi connectivity index (χ1n) is 7.35. The van der Waals surface area contributed by atoms with Crippen molar-refractivity contribution in [1.29, 1.82) is 0 Å². The van der Waals surface area contributed by atoms with Gasteiger partial charge < -0.3 is 15.5 Å². The molecule has 0 amide bonds. The van der Waals surface area contributed by atoms with E-state index in [2.05, 4.69) is 50.3 Å². The quantitative estimate of drug-likeness (QED) is 0.759. The Morgan fingerprint density at radius 3 is 2.11 bits per heavy atom. The molecule has 18 heavy (non-hydrogen) atoms. The van der Waals surface area contributed by atoms with Crippen molar-refractivity contribution in [2.24, 2.45) is 11.3 Å². The highest BCUT2D eigenvalue weighted by molar-refractivity contribution is 4.86. The molecule has 3 nitrogen and oxygen atoms in total. The van der Waals surface area contributed by atoms with Gasteiger partial charge in [0.25, 0.3) is 0 Å². The molecule has 1 aliphatic heterocycles. The summed E-state index contributed by atoms with van der Waals surface area (Å²) < 4.78 is 0. The zero-order valence-corrected chi connectivity index (χ0v) is 13.3. The lowest BCUT2D eigenvalue weighted by atomic mass is 9.73. The third-order valence-corrected chi connectivity index (χ3v) is 4.65. The van der Waals surface area contributed by atoms with E-state index in [1.807, 2.05) is 7.05 Å². The molecule has 1 rings (SSSR count). The molecule has 0 saturated carbocycles. The van der Waals surface area contributed by atoms with E-state index >= 15 is 0 Å². The summed E-state index contributed by atoms with van der Waals surface area (Å²) in [7, 11) is 4.26. The second-order valence-corrected chi connectivity index (χ2v) is 7.30. The highest BCUT2D eigenvalue weighted by atomic mass is 15.1. The molecule has 1 saturated heterocycles. The van der Waals surface area contributed by atoms with Crippen LogP contribution in [0, 0.1) is 11.3 Å². The Balaban J connectivity index is 2.35. The summed E-state index contributed by atoms with van der Waals surface area (Å²) in [4.78, 5) is 2.45. The summed E-state index contributed by atoms with van der Waals surface area (Å²) in [6.07, 6.45) is 2.70. The summed E-state index contributed by atoms with van der Waals surface area (Å²) in [5.74, 6) is 0.860. The molecule has 1 heterocycles. The van der Waals surface area contributed by atoms with Crippen molar-refractivity contribution in [2.75, 3.05) is 40.3 Å². The van der Waals surface area contributed by atoms with E-state index in [1.165, 1.54) is 25.9 Å². The topological polar surface area (TPSA) is 27.3 Å². The van der Waals surface area contributed by atoms with Crippen LogP contribution >= 0.6 is 0 Å². The molecule has 0 aromatic heterocycles. The van der Waals surface area contributed by atoms with Gasteiger partial charge in [-0.25, -0.2) is 0 Å². The van der Waals surface area contributed by atoms with Crippen molar-refractivity contribution in [3.8, 4) is 0 Å². The molecule has 0 aromatic rings. The number of hydrogen-bond donors (Lipinski definition) is 2. The largest absolute Gasteiger partial charge is 0.314 e. The van der Waals surface area contributed by atoms with Crippen molar-refractivity contribution >= 4 is 0 Å². The fourth-order valence-corrected chi connectivity index (χ4v) is 2.72. The highest BCUT2D eigenvalue weighted by Crippen LogP contribution is 2.34. The van der Waals surface area contributed by atoms with Crippen LogP contribution in [-0.2, 0) is 0 Å². The molecule has 0 atom stereocenters. The van der Waals surface area contributed by atoms with Gasteiger partial charge in [0.2, 0.25) is 0 Å². The highest BCUT2D eigenvalue weighted by Gasteiger charge is 2.31. The van der Waals surface area contributed by atoms with Gasteiger partial charge in [-0.1, -0.05) is 13.8 Å². The van der Waals surface area contributed by atoms with Gasteiger partial charge in [0, 0.05) is 18.6 Å². The van der Waals surface area contributed by atoms with Gasteiger partial charge in [-0.2, -0.15) is 0 Å². The van der Waals surface area contributed by atoms with Crippen molar-refractivity contribution in [2.45, 2.75) is 46.1 Å². The molecule has 108 valence electrons. The van der Waals surface area contributed by atoms with Gasteiger partial charge in [-0.05, 0) is 65.2 Å². The third kappa shape index (κ3) is 4.87. The zero-order valence-electron chi connectivity index (χ0n) is 13.3. The maximum absolute atomic E-state index is 3.65. The first kappa shape index (κ1) is 15.9. The van der Waals surface area contributed by atoms with Crippen molar-refractivity contribution in [3.05, 3.63) is 0 Å². The molecule has 0 aromatic carbocycles. The maximum Gasteiger partial charge on any atom is 0.0246 e. The van der Waals surface area contributed by atoms with Crippen molar-refractivity contribution in [3.63, 3.8) is 0 Å². The molecule has 0 unspecified atom stereocenters. The van der Waals surface area contributed by atoms with Gasteiger partial charge >= 0.3 is 0 Å². The smallest absolute Gasteiger partial charge is 0.0246 e.